The van der Waals surface area contributed by atoms with E-state index in [1.54, 1.807) is 11.3 Å². The van der Waals surface area contributed by atoms with E-state index < -0.39 is 0 Å². The maximum absolute atomic E-state index is 13.5. The molecule has 0 fully saturated rings. The third-order valence-corrected chi connectivity index (χ3v) is 8.75. The van der Waals surface area contributed by atoms with Gasteiger partial charge in [0.05, 0.1) is 6.54 Å². The third kappa shape index (κ3) is 10.8. The van der Waals surface area contributed by atoms with Crippen LogP contribution in [-0.2, 0) is 11.3 Å². The van der Waals surface area contributed by atoms with E-state index in [-0.39, 0.29) is 0 Å². The molecule has 0 aliphatic rings. The molecule has 206 valence electrons. The minimum atomic E-state index is 0.291. The van der Waals surface area contributed by atoms with Gasteiger partial charge in [0.15, 0.2) is 0 Å². The molecule has 2 aromatic carbocycles. The van der Waals surface area contributed by atoms with Crippen LogP contribution in [0.15, 0.2) is 72.1 Å². The van der Waals surface area contributed by atoms with Crippen LogP contribution in [0.2, 0.25) is 0 Å². The average molecular weight is 532 g/mol. The molecule has 2 nitrogen and oxygen atoms in total. The van der Waals surface area contributed by atoms with Gasteiger partial charge in [-0.25, -0.2) is 0 Å². The number of aryl methyl sites for hydroxylation is 1. The Kier molecular flexibility index (Phi) is 14.3. The zero-order valence-corrected chi connectivity index (χ0v) is 24.7. The standard InChI is InChI=1S/C35H49NOS/c1-3-4-5-6-7-8-9-10-11-12-19-24-35(37)36(29-34-30(2)26-28-38-34)27-25-33(31-20-15-13-16-21-31)32-22-17-14-18-23-32/h13-18,20-23,26,28,33H,3-12,19,24-25,27,29H2,1-2H3. The van der Waals surface area contributed by atoms with Gasteiger partial charge in [-0.2, -0.15) is 0 Å². The van der Waals surface area contributed by atoms with Gasteiger partial charge in [-0.15, -0.1) is 11.3 Å². The summed E-state index contributed by atoms with van der Waals surface area (Å²) < 4.78 is 0. The second-order valence-corrected chi connectivity index (χ2v) is 11.8. The molecule has 1 amide bonds. The molecule has 0 N–H and O–H groups in total. The Morgan fingerprint density at radius 2 is 1.26 bits per heavy atom. The van der Waals surface area contributed by atoms with Gasteiger partial charge in [0, 0.05) is 23.8 Å². The van der Waals surface area contributed by atoms with Crippen LogP contribution >= 0.6 is 11.3 Å². The average Bonchev–Trinajstić information content (AvgIpc) is 3.36. The van der Waals surface area contributed by atoms with Gasteiger partial charge < -0.3 is 4.90 Å². The first-order valence-corrected chi connectivity index (χ1v) is 16.0. The molecule has 0 aliphatic carbocycles. The van der Waals surface area contributed by atoms with E-state index in [2.05, 4.69) is 90.9 Å². The van der Waals surface area contributed by atoms with Crippen LogP contribution in [0.3, 0.4) is 0 Å². The maximum atomic E-state index is 13.5. The molecule has 0 saturated heterocycles. The Morgan fingerprint density at radius 1 is 0.737 bits per heavy atom. The molecule has 0 saturated carbocycles. The number of benzene rings is 2. The van der Waals surface area contributed by atoms with Gasteiger partial charge in [0.25, 0.3) is 0 Å². The topological polar surface area (TPSA) is 20.3 Å². The summed E-state index contributed by atoms with van der Waals surface area (Å²) in [6.45, 7) is 5.95. The quantitative estimate of drug-likeness (QED) is 0.141. The van der Waals surface area contributed by atoms with Crippen LogP contribution in [0.25, 0.3) is 0 Å². The summed E-state index contributed by atoms with van der Waals surface area (Å²) in [6, 6.07) is 23.7. The van der Waals surface area contributed by atoms with Crippen molar-refractivity contribution in [1.29, 1.82) is 0 Å². The highest BCUT2D eigenvalue weighted by Gasteiger charge is 2.20. The van der Waals surface area contributed by atoms with E-state index in [0.717, 1.165) is 25.9 Å². The van der Waals surface area contributed by atoms with Crippen molar-refractivity contribution in [2.75, 3.05) is 6.54 Å². The molecule has 1 heterocycles. The molecule has 0 aliphatic heterocycles. The Bertz CT molecular complexity index is 973. The van der Waals surface area contributed by atoms with Crippen LogP contribution in [0.1, 0.15) is 118 Å². The second kappa shape index (κ2) is 18.0. The van der Waals surface area contributed by atoms with Gasteiger partial charge in [-0.05, 0) is 47.9 Å². The minimum Gasteiger partial charge on any atom is -0.338 e. The largest absolute Gasteiger partial charge is 0.338 e. The van der Waals surface area contributed by atoms with Crippen molar-refractivity contribution in [2.45, 2.75) is 110 Å². The van der Waals surface area contributed by atoms with Gasteiger partial charge in [0.2, 0.25) is 5.91 Å². The van der Waals surface area contributed by atoms with E-state index in [4.69, 9.17) is 0 Å². The fourth-order valence-corrected chi connectivity index (χ4v) is 6.23. The molecule has 0 bridgehead atoms. The van der Waals surface area contributed by atoms with Gasteiger partial charge in [0.1, 0.15) is 0 Å². The number of amides is 1. The summed E-state index contributed by atoms with van der Waals surface area (Å²) in [5, 5.41) is 2.15. The molecule has 3 heteroatoms. The van der Waals surface area contributed by atoms with Gasteiger partial charge in [-0.1, -0.05) is 132 Å². The molecule has 0 radical (unpaired) electrons. The van der Waals surface area contributed by atoms with E-state index in [1.807, 2.05) is 0 Å². The van der Waals surface area contributed by atoms with Gasteiger partial charge >= 0.3 is 0 Å². The molecule has 38 heavy (non-hydrogen) atoms. The molecular formula is C35H49NOS. The molecule has 1 aromatic heterocycles. The predicted octanol–water partition coefficient (Wildman–Crippen LogP) is 10.3. The molecule has 0 unspecified atom stereocenters. The van der Waals surface area contributed by atoms with Crippen molar-refractivity contribution < 1.29 is 4.79 Å². The lowest BCUT2D eigenvalue weighted by Crippen LogP contribution is -2.32. The molecule has 3 aromatic rings. The SMILES string of the molecule is CCCCCCCCCCCCCC(=O)N(CCC(c1ccccc1)c1ccccc1)Cc1sccc1C. The van der Waals surface area contributed by atoms with Crippen molar-refractivity contribution in [2.24, 2.45) is 0 Å². The van der Waals surface area contributed by atoms with Crippen molar-refractivity contribution in [3.05, 3.63) is 93.7 Å². The Hall–Kier alpha value is -2.39. The minimum absolute atomic E-state index is 0.291. The van der Waals surface area contributed by atoms with E-state index >= 15 is 0 Å². The lowest BCUT2D eigenvalue weighted by Gasteiger charge is -2.26. The molecular weight excluding hydrogens is 482 g/mol. The van der Waals surface area contributed by atoms with E-state index in [0.29, 0.717) is 18.2 Å². The first kappa shape index (κ1) is 30.2. The van der Waals surface area contributed by atoms with Crippen LogP contribution in [0, 0.1) is 6.92 Å². The first-order valence-electron chi connectivity index (χ1n) is 15.1. The lowest BCUT2D eigenvalue weighted by atomic mass is 9.88. The normalized spacial score (nSPS) is 11.2. The van der Waals surface area contributed by atoms with Crippen LogP contribution < -0.4 is 0 Å². The van der Waals surface area contributed by atoms with Crippen molar-refractivity contribution in [3.8, 4) is 0 Å². The number of nitrogens with zero attached hydrogens (tertiary/aromatic N) is 1. The summed E-state index contributed by atoms with van der Waals surface area (Å²) in [5.41, 5.74) is 3.94. The number of thiophene rings is 1. The summed E-state index contributed by atoms with van der Waals surface area (Å²) in [4.78, 5) is 16.9. The number of rotatable bonds is 19. The van der Waals surface area contributed by atoms with E-state index in [9.17, 15) is 4.79 Å². The Morgan fingerprint density at radius 3 is 1.76 bits per heavy atom. The van der Waals surface area contributed by atoms with Crippen molar-refractivity contribution >= 4 is 17.2 Å². The maximum Gasteiger partial charge on any atom is 0.222 e. The summed E-state index contributed by atoms with van der Waals surface area (Å²) >= 11 is 1.77. The van der Waals surface area contributed by atoms with Crippen LogP contribution in [-0.4, -0.2) is 17.4 Å². The van der Waals surface area contributed by atoms with Crippen molar-refractivity contribution in [3.63, 3.8) is 0 Å². The molecule has 0 atom stereocenters. The van der Waals surface area contributed by atoms with Gasteiger partial charge in [-0.3, -0.25) is 4.79 Å². The lowest BCUT2D eigenvalue weighted by molar-refractivity contribution is -0.132. The fourth-order valence-electron chi connectivity index (χ4n) is 5.31. The van der Waals surface area contributed by atoms with Crippen LogP contribution in [0.4, 0.5) is 0 Å². The number of carbonyl (C=O) groups is 1. The monoisotopic (exact) mass is 531 g/mol. The Balaban J connectivity index is 1.51. The zero-order chi connectivity index (χ0) is 26.8. The third-order valence-electron chi connectivity index (χ3n) is 7.74. The highest BCUT2D eigenvalue weighted by atomic mass is 32.1. The summed E-state index contributed by atoms with van der Waals surface area (Å²) in [7, 11) is 0. The summed E-state index contributed by atoms with van der Waals surface area (Å²) in [6.07, 6.45) is 16.0. The first-order chi connectivity index (χ1) is 18.7. The summed E-state index contributed by atoms with van der Waals surface area (Å²) in [5.74, 6) is 0.604. The highest BCUT2D eigenvalue weighted by molar-refractivity contribution is 7.10. The number of carbonyl (C=O) groups excluding carboxylic acids is 1. The molecule has 3 rings (SSSR count). The number of hydrogen-bond donors (Lipinski definition) is 0. The number of hydrogen-bond acceptors (Lipinski definition) is 2. The second-order valence-electron chi connectivity index (χ2n) is 10.8. The number of unbranched alkanes of at least 4 members (excludes halogenated alkanes) is 10. The van der Waals surface area contributed by atoms with Crippen LogP contribution in [0.5, 0.6) is 0 Å². The predicted molar refractivity (Wildman–Crippen MR) is 165 cm³/mol. The zero-order valence-electron chi connectivity index (χ0n) is 23.9. The van der Waals surface area contributed by atoms with Crippen molar-refractivity contribution in [1.82, 2.24) is 4.90 Å². The Labute approximate surface area is 236 Å². The van der Waals surface area contributed by atoms with E-state index in [1.165, 1.54) is 85.8 Å². The molecule has 0 spiro atoms. The smallest absolute Gasteiger partial charge is 0.222 e. The highest BCUT2D eigenvalue weighted by Crippen LogP contribution is 2.29. The fraction of sp³-hybridized carbons (Fsp3) is 0.514.